The second kappa shape index (κ2) is 10.5. The highest BCUT2D eigenvalue weighted by atomic mass is 19.1. The van der Waals surface area contributed by atoms with E-state index in [-0.39, 0.29) is 29.7 Å². The van der Waals surface area contributed by atoms with Gasteiger partial charge in [-0.05, 0) is 62.8 Å². The molecule has 0 spiro atoms. The lowest BCUT2D eigenvalue weighted by molar-refractivity contribution is -0.121. The summed E-state index contributed by atoms with van der Waals surface area (Å²) in [6.45, 7) is 4.11. The lowest BCUT2D eigenvalue weighted by Gasteiger charge is -2.25. The number of halogens is 1. The summed E-state index contributed by atoms with van der Waals surface area (Å²) in [7, 11) is 1.80. The van der Waals surface area contributed by atoms with Crippen LogP contribution in [0.2, 0.25) is 0 Å². The van der Waals surface area contributed by atoms with Crippen LogP contribution in [0.25, 0.3) is 5.57 Å². The van der Waals surface area contributed by atoms with Gasteiger partial charge in [-0.2, -0.15) is 0 Å². The van der Waals surface area contributed by atoms with Crippen molar-refractivity contribution in [2.75, 3.05) is 13.6 Å². The van der Waals surface area contributed by atoms with Gasteiger partial charge in [0.1, 0.15) is 5.83 Å². The van der Waals surface area contributed by atoms with Crippen molar-refractivity contribution in [3.63, 3.8) is 0 Å². The lowest BCUT2D eigenvalue weighted by atomic mass is 10.1. The molecule has 166 valence electrons. The Morgan fingerprint density at radius 3 is 2.81 bits per heavy atom. The summed E-state index contributed by atoms with van der Waals surface area (Å²) in [5, 5.41) is 3.02. The number of carbonyl (C=O) groups excluding carboxylic acids is 2. The zero-order valence-electron chi connectivity index (χ0n) is 18.5. The second-order valence-electron chi connectivity index (χ2n) is 8.19. The predicted molar refractivity (Wildman–Crippen MR) is 121 cm³/mol. The van der Waals surface area contributed by atoms with Crippen molar-refractivity contribution in [3.05, 3.63) is 47.6 Å². The van der Waals surface area contributed by atoms with Crippen LogP contribution >= 0.6 is 0 Å². The van der Waals surface area contributed by atoms with Crippen molar-refractivity contribution in [1.82, 2.24) is 15.2 Å². The maximum absolute atomic E-state index is 14.3. The van der Waals surface area contributed by atoms with Crippen LogP contribution in [-0.4, -0.2) is 53.1 Å². The number of nitrogens with zero attached hydrogens (tertiary/aromatic N) is 3. The van der Waals surface area contributed by atoms with E-state index >= 15 is 0 Å². The van der Waals surface area contributed by atoms with Crippen molar-refractivity contribution < 1.29 is 14.0 Å². The maximum atomic E-state index is 14.3. The Balaban J connectivity index is 1.68. The molecule has 1 aliphatic heterocycles. The Labute approximate surface area is 183 Å². The Morgan fingerprint density at radius 2 is 2.10 bits per heavy atom. The number of amides is 2. The Bertz CT molecular complexity index is 905. The van der Waals surface area contributed by atoms with Gasteiger partial charge in [0.25, 0.3) is 5.91 Å². The molecule has 0 saturated heterocycles. The normalized spacial score (nSPS) is 23.4. The number of allylic oxidation sites excluding steroid dienone is 4. The van der Waals surface area contributed by atoms with Crippen molar-refractivity contribution in [2.45, 2.75) is 64.5 Å². The largest absolute Gasteiger partial charge is 0.353 e. The Morgan fingerprint density at radius 1 is 1.29 bits per heavy atom. The quantitative estimate of drug-likeness (QED) is 0.771. The molecular formula is C24H31FN4O2. The summed E-state index contributed by atoms with van der Waals surface area (Å²) in [6.07, 6.45) is 9.59. The maximum Gasteiger partial charge on any atom is 0.255 e. The molecule has 1 N–H and O–H groups in total. The topological polar surface area (TPSA) is 74.7 Å². The average Bonchev–Trinajstić information content (AvgIpc) is 3.26. The second-order valence-corrected chi connectivity index (χ2v) is 8.19. The van der Waals surface area contributed by atoms with E-state index in [0.717, 1.165) is 32.1 Å². The van der Waals surface area contributed by atoms with Crippen LogP contribution in [0.1, 0.15) is 68.4 Å². The molecule has 0 aromatic carbocycles. The van der Waals surface area contributed by atoms with Crippen LogP contribution < -0.4 is 5.32 Å². The monoisotopic (exact) mass is 426 g/mol. The zero-order chi connectivity index (χ0) is 22.4. The van der Waals surface area contributed by atoms with Crippen molar-refractivity contribution in [2.24, 2.45) is 4.99 Å². The number of rotatable bonds is 5. The summed E-state index contributed by atoms with van der Waals surface area (Å²) in [4.78, 5) is 35.0. The lowest BCUT2D eigenvalue weighted by Crippen LogP contribution is -2.38. The molecule has 1 aliphatic carbocycles. The highest BCUT2D eigenvalue weighted by molar-refractivity contribution is 5.99. The summed E-state index contributed by atoms with van der Waals surface area (Å²) in [5.74, 6) is -0.411. The van der Waals surface area contributed by atoms with Gasteiger partial charge in [-0.15, -0.1) is 0 Å². The molecule has 2 atom stereocenters. The SMILES string of the molecule is CCC(=O)NC1CCC(N(C)C(=O)c2ccc(/C3=C/CCCN=C(C)C(F)=C3)nc2)C1. The van der Waals surface area contributed by atoms with E-state index in [9.17, 15) is 14.0 Å². The molecule has 6 nitrogen and oxygen atoms in total. The Kier molecular flexibility index (Phi) is 7.71. The predicted octanol–water partition coefficient (Wildman–Crippen LogP) is 4.09. The van der Waals surface area contributed by atoms with E-state index in [4.69, 9.17) is 0 Å². The van der Waals surface area contributed by atoms with Crippen LogP contribution in [-0.2, 0) is 4.79 Å². The van der Waals surface area contributed by atoms with Gasteiger partial charge in [-0.3, -0.25) is 19.6 Å². The fourth-order valence-corrected chi connectivity index (χ4v) is 3.98. The summed E-state index contributed by atoms with van der Waals surface area (Å²) < 4.78 is 14.3. The number of aromatic nitrogens is 1. The summed E-state index contributed by atoms with van der Waals surface area (Å²) >= 11 is 0. The molecule has 7 heteroatoms. The van der Waals surface area contributed by atoms with Crippen LogP contribution in [0.4, 0.5) is 4.39 Å². The number of pyridine rings is 1. The van der Waals surface area contributed by atoms with Crippen LogP contribution in [0.3, 0.4) is 0 Å². The molecule has 0 radical (unpaired) electrons. The van der Waals surface area contributed by atoms with Crippen molar-refractivity contribution in [3.8, 4) is 0 Å². The molecular weight excluding hydrogens is 395 g/mol. The van der Waals surface area contributed by atoms with Gasteiger partial charge < -0.3 is 10.2 Å². The van der Waals surface area contributed by atoms with Gasteiger partial charge in [-0.25, -0.2) is 4.39 Å². The zero-order valence-corrected chi connectivity index (χ0v) is 18.5. The minimum atomic E-state index is -0.360. The van der Waals surface area contributed by atoms with Crippen LogP contribution in [0.15, 0.2) is 41.3 Å². The fraction of sp³-hybridized carbons (Fsp3) is 0.500. The van der Waals surface area contributed by atoms with Crippen LogP contribution in [0, 0.1) is 0 Å². The van der Waals surface area contributed by atoms with E-state index < -0.39 is 0 Å². The minimum absolute atomic E-state index is 0.0468. The molecule has 2 heterocycles. The van der Waals surface area contributed by atoms with Gasteiger partial charge >= 0.3 is 0 Å². The van der Waals surface area contributed by atoms with Gasteiger partial charge in [-0.1, -0.05) is 13.0 Å². The summed E-state index contributed by atoms with van der Waals surface area (Å²) in [5.41, 5.74) is 2.23. The van der Waals surface area contributed by atoms with E-state index in [0.29, 0.717) is 35.5 Å². The molecule has 0 bridgehead atoms. The smallest absolute Gasteiger partial charge is 0.255 e. The Hall–Kier alpha value is -2.83. The highest BCUT2D eigenvalue weighted by Crippen LogP contribution is 2.25. The molecule has 1 fully saturated rings. The fourth-order valence-electron chi connectivity index (χ4n) is 3.98. The number of aliphatic imine (C=N–C) groups is 1. The number of hydrogen-bond acceptors (Lipinski definition) is 4. The number of nitrogens with one attached hydrogen (secondary N) is 1. The number of hydrogen-bond donors (Lipinski definition) is 1. The molecule has 2 aliphatic rings. The van der Waals surface area contributed by atoms with E-state index in [1.165, 1.54) is 6.08 Å². The van der Waals surface area contributed by atoms with Crippen molar-refractivity contribution >= 4 is 23.1 Å². The van der Waals surface area contributed by atoms with E-state index in [1.807, 2.05) is 13.0 Å². The third-order valence-electron chi connectivity index (χ3n) is 5.97. The number of carbonyl (C=O) groups is 2. The molecule has 2 unspecified atom stereocenters. The van der Waals surface area contributed by atoms with Gasteiger partial charge in [0.2, 0.25) is 5.91 Å². The van der Waals surface area contributed by atoms with E-state index in [1.54, 1.807) is 37.2 Å². The first-order chi connectivity index (χ1) is 14.9. The first-order valence-electron chi connectivity index (χ1n) is 11.0. The van der Waals surface area contributed by atoms with Crippen LogP contribution in [0.5, 0.6) is 0 Å². The van der Waals surface area contributed by atoms with Gasteiger partial charge in [0.15, 0.2) is 0 Å². The molecule has 3 rings (SSSR count). The molecule has 31 heavy (non-hydrogen) atoms. The highest BCUT2D eigenvalue weighted by Gasteiger charge is 2.31. The first-order valence-corrected chi connectivity index (χ1v) is 11.0. The summed E-state index contributed by atoms with van der Waals surface area (Å²) in [6, 6.07) is 3.72. The van der Waals surface area contributed by atoms with Gasteiger partial charge in [0, 0.05) is 38.3 Å². The molecule has 1 saturated carbocycles. The third kappa shape index (κ3) is 5.87. The van der Waals surface area contributed by atoms with Gasteiger partial charge in [0.05, 0.1) is 17.0 Å². The average molecular weight is 427 g/mol. The van der Waals surface area contributed by atoms with E-state index in [2.05, 4.69) is 15.3 Å². The molecule has 2 amide bonds. The molecule has 1 aromatic heterocycles. The van der Waals surface area contributed by atoms with Crippen molar-refractivity contribution in [1.29, 1.82) is 0 Å². The first kappa shape index (κ1) is 22.8. The standard InChI is InChI=1S/C24H31FN4O2/c1-4-23(30)28-19-9-10-20(14-19)29(3)24(31)18-8-11-22(27-15-18)17-7-5-6-12-26-16(2)21(25)13-17/h7-8,11,13,15,19-20H,4-6,9-10,12,14H2,1-3H3,(H,28,30)/b17-7+,21-13?,26-16?. The minimum Gasteiger partial charge on any atom is -0.353 e. The third-order valence-corrected chi connectivity index (χ3v) is 5.97. The molecule has 1 aromatic rings.